The van der Waals surface area contributed by atoms with Gasteiger partial charge in [-0.3, -0.25) is 4.99 Å². The first-order chi connectivity index (χ1) is 9.81. The molecule has 3 aromatic rings. The van der Waals surface area contributed by atoms with E-state index in [1.165, 1.54) is 0 Å². The van der Waals surface area contributed by atoms with Crippen LogP contribution >= 0.6 is 0 Å². The normalized spacial score (nSPS) is 11.8. The molecule has 4 nitrogen and oxygen atoms in total. The highest BCUT2D eigenvalue weighted by molar-refractivity contribution is 5.83. The molecule has 3 rings (SSSR count). The van der Waals surface area contributed by atoms with E-state index < -0.39 is 0 Å². The second kappa shape index (κ2) is 5.40. The number of nitrogens with zero attached hydrogens (tertiary/aromatic N) is 1. The number of hydrogen-bond acceptors (Lipinski definition) is 2. The molecular formula is C16H13N3O. The Hall–Kier alpha value is -2.88. The van der Waals surface area contributed by atoms with E-state index in [-0.39, 0.29) is 5.69 Å². The van der Waals surface area contributed by atoms with Gasteiger partial charge in [-0.2, -0.15) is 0 Å². The van der Waals surface area contributed by atoms with Gasteiger partial charge in [0.25, 0.3) is 0 Å². The van der Waals surface area contributed by atoms with Crippen molar-refractivity contribution < 1.29 is 0 Å². The van der Waals surface area contributed by atoms with E-state index in [2.05, 4.69) is 15.0 Å². The van der Waals surface area contributed by atoms with Gasteiger partial charge in [0.1, 0.15) is 0 Å². The highest BCUT2D eigenvalue weighted by atomic mass is 16.1. The van der Waals surface area contributed by atoms with Crippen molar-refractivity contribution >= 4 is 29.0 Å². The van der Waals surface area contributed by atoms with Crippen LogP contribution in [-0.4, -0.2) is 16.2 Å². The zero-order valence-corrected chi connectivity index (χ0v) is 10.7. The number of imidazole rings is 1. The molecule has 1 heterocycles. The van der Waals surface area contributed by atoms with Crippen LogP contribution in [0.4, 0.5) is 5.69 Å². The van der Waals surface area contributed by atoms with Crippen LogP contribution in [0.1, 0.15) is 5.56 Å². The van der Waals surface area contributed by atoms with Crippen LogP contribution in [-0.2, 0) is 0 Å². The highest BCUT2D eigenvalue weighted by Crippen LogP contribution is 2.16. The van der Waals surface area contributed by atoms with Gasteiger partial charge >= 0.3 is 5.69 Å². The van der Waals surface area contributed by atoms with E-state index in [1.54, 1.807) is 6.21 Å². The maximum absolute atomic E-state index is 11.2. The molecule has 2 aromatic carbocycles. The minimum atomic E-state index is -0.204. The van der Waals surface area contributed by atoms with E-state index in [1.807, 2.05) is 60.7 Å². The van der Waals surface area contributed by atoms with Gasteiger partial charge in [-0.15, -0.1) is 0 Å². The fraction of sp³-hybridized carbons (Fsp3) is 0. The summed E-state index contributed by atoms with van der Waals surface area (Å²) in [5, 5.41) is 0. The van der Waals surface area contributed by atoms with Crippen molar-refractivity contribution in [1.29, 1.82) is 0 Å². The maximum Gasteiger partial charge on any atom is 0.323 e. The van der Waals surface area contributed by atoms with Gasteiger partial charge in [-0.25, -0.2) is 4.79 Å². The Labute approximate surface area is 115 Å². The molecule has 0 aliphatic heterocycles. The Morgan fingerprint density at radius 2 is 1.75 bits per heavy atom. The lowest BCUT2D eigenvalue weighted by molar-refractivity contribution is 1.21. The number of fused-ring (bicyclic) bond motifs is 1. The quantitative estimate of drug-likeness (QED) is 0.700. The summed E-state index contributed by atoms with van der Waals surface area (Å²) in [6.45, 7) is 0. The van der Waals surface area contributed by atoms with Gasteiger partial charge in [0.05, 0.1) is 16.7 Å². The Bertz CT molecular complexity index is 826. The van der Waals surface area contributed by atoms with Crippen LogP contribution in [0.25, 0.3) is 17.1 Å². The summed E-state index contributed by atoms with van der Waals surface area (Å²) in [4.78, 5) is 20.9. The summed E-state index contributed by atoms with van der Waals surface area (Å²) in [5.41, 5.74) is 3.27. The van der Waals surface area contributed by atoms with Gasteiger partial charge in [0, 0.05) is 6.21 Å². The molecular weight excluding hydrogens is 250 g/mol. The average molecular weight is 263 g/mol. The van der Waals surface area contributed by atoms with E-state index in [9.17, 15) is 4.79 Å². The summed E-state index contributed by atoms with van der Waals surface area (Å²) in [5.74, 6) is 0. The Morgan fingerprint density at radius 1 is 0.950 bits per heavy atom. The number of nitrogens with one attached hydrogen (secondary N) is 2. The number of aromatic nitrogens is 2. The first kappa shape index (κ1) is 12.2. The molecule has 2 N–H and O–H groups in total. The maximum atomic E-state index is 11.2. The molecule has 0 bridgehead atoms. The average Bonchev–Trinajstić information content (AvgIpc) is 2.84. The number of aromatic amines is 2. The van der Waals surface area contributed by atoms with Gasteiger partial charge in [0.2, 0.25) is 0 Å². The number of allylic oxidation sites excluding steroid dienone is 1. The summed E-state index contributed by atoms with van der Waals surface area (Å²) in [7, 11) is 0. The van der Waals surface area contributed by atoms with E-state index in [0.717, 1.165) is 22.3 Å². The van der Waals surface area contributed by atoms with Crippen LogP contribution in [0, 0.1) is 0 Å². The second-order valence-electron chi connectivity index (χ2n) is 4.36. The first-order valence-corrected chi connectivity index (χ1v) is 6.29. The third kappa shape index (κ3) is 2.75. The molecule has 0 aliphatic carbocycles. The Morgan fingerprint density at radius 3 is 2.60 bits per heavy atom. The van der Waals surface area contributed by atoms with E-state index in [4.69, 9.17) is 0 Å². The fourth-order valence-corrected chi connectivity index (χ4v) is 1.95. The molecule has 4 heteroatoms. The standard InChI is InChI=1S/C16H13N3O/c20-16-18-14-9-8-13(11-15(14)19-16)17-10-4-7-12-5-2-1-3-6-12/h1-11H,(H2,18,19,20)/b7-4+,17-10?. The second-order valence-corrected chi connectivity index (χ2v) is 4.36. The van der Waals surface area contributed by atoms with Crippen LogP contribution in [0.15, 0.2) is 64.4 Å². The largest absolute Gasteiger partial charge is 0.323 e. The molecule has 0 saturated carbocycles. The molecule has 0 atom stereocenters. The Kier molecular flexibility index (Phi) is 3.29. The summed E-state index contributed by atoms with van der Waals surface area (Å²) in [6.07, 6.45) is 5.61. The van der Waals surface area contributed by atoms with Crippen molar-refractivity contribution in [2.45, 2.75) is 0 Å². The summed E-state index contributed by atoms with van der Waals surface area (Å²) < 4.78 is 0. The van der Waals surface area contributed by atoms with Gasteiger partial charge in [0.15, 0.2) is 0 Å². The van der Waals surface area contributed by atoms with Gasteiger partial charge < -0.3 is 9.97 Å². The molecule has 0 unspecified atom stereocenters. The van der Waals surface area contributed by atoms with E-state index in [0.29, 0.717) is 0 Å². The van der Waals surface area contributed by atoms with Crippen LogP contribution in [0.3, 0.4) is 0 Å². The molecule has 0 amide bonds. The number of rotatable bonds is 3. The van der Waals surface area contributed by atoms with E-state index >= 15 is 0 Å². The van der Waals surface area contributed by atoms with Crippen molar-refractivity contribution in [3.8, 4) is 0 Å². The first-order valence-electron chi connectivity index (χ1n) is 6.29. The predicted octanol–water partition coefficient (Wildman–Crippen LogP) is 3.27. The zero-order valence-electron chi connectivity index (χ0n) is 10.7. The third-order valence-electron chi connectivity index (χ3n) is 2.90. The van der Waals surface area contributed by atoms with Crippen LogP contribution < -0.4 is 5.69 Å². The van der Waals surface area contributed by atoms with Crippen molar-refractivity contribution in [2.75, 3.05) is 0 Å². The molecule has 98 valence electrons. The number of aliphatic imine (C=N–C) groups is 1. The number of H-pyrrole nitrogens is 2. The smallest absolute Gasteiger partial charge is 0.306 e. The SMILES string of the molecule is O=c1[nH]c2ccc(N=C/C=C/c3ccccc3)cc2[nH]1. The number of benzene rings is 2. The summed E-state index contributed by atoms with van der Waals surface area (Å²) in [6, 6.07) is 15.6. The molecule has 0 radical (unpaired) electrons. The van der Waals surface area contributed by atoms with Crippen molar-refractivity contribution in [1.82, 2.24) is 9.97 Å². The fourth-order valence-electron chi connectivity index (χ4n) is 1.95. The highest BCUT2D eigenvalue weighted by Gasteiger charge is 1.97. The Balaban J connectivity index is 1.77. The molecule has 0 aliphatic rings. The van der Waals surface area contributed by atoms with Gasteiger partial charge in [-0.1, -0.05) is 36.4 Å². The third-order valence-corrected chi connectivity index (χ3v) is 2.90. The van der Waals surface area contributed by atoms with Crippen molar-refractivity contribution in [3.05, 3.63) is 70.7 Å². The number of hydrogen-bond donors (Lipinski definition) is 2. The molecule has 0 fully saturated rings. The van der Waals surface area contributed by atoms with Gasteiger partial charge in [-0.05, 0) is 29.8 Å². The molecule has 1 aromatic heterocycles. The monoisotopic (exact) mass is 263 g/mol. The minimum Gasteiger partial charge on any atom is -0.306 e. The zero-order chi connectivity index (χ0) is 13.8. The lowest BCUT2D eigenvalue weighted by Gasteiger charge is -1.92. The van der Waals surface area contributed by atoms with Crippen LogP contribution in [0.5, 0.6) is 0 Å². The lowest BCUT2D eigenvalue weighted by atomic mass is 10.2. The molecule has 0 saturated heterocycles. The lowest BCUT2D eigenvalue weighted by Crippen LogP contribution is -1.99. The minimum absolute atomic E-state index is 0.204. The predicted molar refractivity (Wildman–Crippen MR) is 82.5 cm³/mol. The molecule has 20 heavy (non-hydrogen) atoms. The topological polar surface area (TPSA) is 61.0 Å². The van der Waals surface area contributed by atoms with Crippen molar-refractivity contribution in [3.63, 3.8) is 0 Å². The van der Waals surface area contributed by atoms with Crippen LogP contribution in [0.2, 0.25) is 0 Å². The summed E-state index contributed by atoms with van der Waals surface area (Å²) >= 11 is 0. The van der Waals surface area contributed by atoms with Crippen molar-refractivity contribution in [2.24, 2.45) is 4.99 Å². The molecule has 0 spiro atoms.